The van der Waals surface area contributed by atoms with Crippen molar-refractivity contribution < 1.29 is 18.3 Å². The number of carbonyl (C=O) groups excluding carboxylic acids is 1. The van der Waals surface area contributed by atoms with E-state index >= 15 is 0 Å². The van der Waals surface area contributed by atoms with E-state index in [0.717, 1.165) is 41.6 Å². The number of benzene rings is 1. The molecule has 1 saturated heterocycles. The van der Waals surface area contributed by atoms with E-state index in [0.29, 0.717) is 26.2 Å². The molecule has 1 aliphatic rings. The number of halogens is 2. The maximum absolute atomic E-state index is 13.8. The number of nitrogens with zero attached hydrogens (tertiary/aromatic N) is 4. The third-order valence-corrected chi connectivity index (χ3v) is 5.06. The summed E-state index contributed by atoms with van der Waals surface area (Å²) in [6, 6.07) is 6.24. The predicted octanol–water partition coefficient (Wildman–Crippen LogP) is 3.38. The number of imidazole rings is 1. The maximum atomic E-state index is 13.8. The highest BCUT2D eigenvalue weighted by atomic mass is 19.1. The number of fused-ring (bicyclic) bond motifs is 1. The van der Waals surface area contributed by atoms with Crippen molar-refractivity contribution in [3.63, 3.8) is 0 Å². The van der Waals surface area contributed by atoms with Crippen LogP contribution in [0.5, 0.6) is 0 Å². The van der Waals surface area contributed by atoms with Gasteiger partial charge in [-0.15, -0.1) is 0 Å². The predicted molar refractivity (Wildman–Crippen MR) is 104 cm³/mol. The first-order chi connectivity index (χ1) is 14.1. The van der Waals surface area contributed by atoms with Crippen LogP contribution in [0.15, 0.2) is 36.5 Å². The van der Waals surface area contributed by atoms with Crippen LogP contribution in [-0.2, 0) is 11.3 Å². The van der Waals surface area contributed by atoms with Crippen molar-refractivity contribution in [2.24, 2.45) is 0 Å². The lowest BCUT2D eigenvalue weighted by atomic mass is 10.1. The Labute approximate surface area is 166 Å². The number of pyridine rings is 1. The Morgan fingerprint density at radius 2 is 2.21 bits per heavy atom. The van der Waals surface area contributed by atoms with Gasteiger partial charge in [0.2, 0.25) is 0 Å². The zero-order valence-electron chi connectivity index (χ0n) is 15.9. The summed E-state index contributed by atoms with van der Waals surface area (Å²) in [5.41, 5.74) is 1.41. The highest BCUT2D eigenvalue weighted by Crippen LogP contribution is 2.29. The van der Waals surface area contributed by atoms with Crippen LogP contribution in [0.4, 0.5) is 19.3 Å². The number of rotatable bonds is 5. The van der Waals surface area contributed by atoms with Gasteiger partial charge in [0.1, 0.15) is 23.0 Å². The van der Waals surface area contributed by atoms with Crippen molar-refractivity contribution >= 4 is 22.9 Å². The van der Waals surface area contributed by atoms with Crippen molar-refractivity contribution in [3.05, 3.63) is 54.0 Å². The summed E-state index contributed by atoms with van der Waals surface area (Å²) in [6.07, 6.45) is 2.44. The first-order valence-electron chi connectivity index (χ1n) is 9.38. The fraction of sp³-hybridized carbons (Fsp3) is 0.350. The summed E-state index contributed by atoms with van der Waals surface area (Å²) in [5, 5.41) is 2.45. The summed E-state index contributed by atoms with van der Waals surface area (Å²) in [7, 11) is 1.64. The Kier molecular flexibility index (Phi) is 5.39. The van der Waals surface area contributed by atoms with Crippen LogP contribution in [0.2, 0.25) is 0 Å². The third kappa shape index (κ3) is 3.91. The summed E-state index contributed by atoms with van der Waals surface area (Å²) in [6.45, 7) is 2.05. The van der Waals surface area contributed by atoms with Gasteiger partial charge in [0.15, 0.2) is 5.65 Å². The molecule has 1 N–H and O–H groups in total. The molecule has 3 aromatic rings. The van der Waals surface area contributed by atoms with Gasteiger partial charge in [0.25, 0.3) is 0 Å². The lowest BCUT2D eigenvalue weighted by molar-refractivity contribution is 0.186. The molecule has 4 rings (SSSR count). The van der Waals surface area contributed by atoms with Crippen LogP contribution in [-0.4, -0.2) is 52.3 Å². The molecular weight excluding hydrogens is 380 g/mol. The van der Waals surface area contributed by atoms with Crippen LogP contribution >= 0.6 is 0 Å². The molecule has 2 amide bonds. The minimum Gasteiger partial charge on any atom is -0.383 e. The van der Waals surface area contributed by atoms with Crippen LogP contribution in [0.25, 0.3) is 11.2 Å². The molecule has 1 aliphatic heterocycles. The Bertz CT molecular complexity index is 1040. The number of carbonyl (C=O) groups is 1. The molecule has 152 valence electrons. The van der Waals surface area contributed by atoms with Gasteiger partial charge >= 0.3 is 6.03 Å². The number of methoxy groups -OCH3 is 1. The van der Waals surface area contributed by atoms with Gasteiger partial charge < -0.3 is 19.5 Å². The molecule has 2 aromatic heterocycles. The molecule has 1 atom stereocenters. The molecule has 3 heterocycles. The van der Waals surface area contributed by atoms with E-state index in [2.05, 4.69) is 10.3 Å². The average Bonchev–Trinajstić information content (AvgIpc) is 3.34. The number of urea groups is 1. The first kappa shape index (κ1) is 19.3. The van der Waals surface area contributed by atoms with E-state index in [1.165, 1.54) is 0 Å². The van der Waals surface area contributed by atoms with Gasteiger partial charge in [-0.05, 0) is 30.7 Å². The summed E-state index contributed by atoms with van der Waals surface area (Å²) in [4.78, 5) is 23.3. The number of aromatic nitrogens is 3. The molecule has 1 fully saturated rings. The molecule has 0 radical (unpaired) electrons. The fourth-order valence-corrected chi connectivity index (χ4v) is 3.63. The number of likely N-dealkylation sites (tertiary alicyclic amines) is 1. The quantitative estimate of drug-likeness (QED) is 0.712. The molecule has 1 aromatic carbocycles. The third-order valence-electron chi connectivity index (χ3n) is 5.06. The lowest BCUT2D eigenvalue weighted by Crippen LogP contribution is -2.33. The smallest absolute Gasteiger partial charge is 0.321 e. The molecule has 0 unspecified atom stereocenters. The van der Waals surface area contributed by atoms with Gasteiger partial charge in [0.05, 0.1) is 12.3 Å². The number of nitrogens with one attached hydrogen (secondary N) is 1. The number of anilines is 1. The van der Waals surface area contributed by atoms with E-state index in [9.17, 15) is 13.6 Å². The van der Waals surface area contributed by atoms with E-state index in [1.807, 2.05) is 16.7 Å². The summed E-state index contributed by atoms with van der Waals surface area (Å²) in [5.74, 6) is -0.421. The molecule has 9 heteroatoms. The first-order valence-corrected chi connectivity index (χ1v) is 9.38. The monoisotopic (exact) mass is 401 g/mol. The van der Waals surface area contributed by atoms with Gasteiger partial charge in [-0.3, -0.25) is 0 Å². The second-order valence-corrected chi connectivity index (χ2v) is 6.95. The Morgan fingerprint density at radius 1 is 1.34 bits per heavy atom. The zero-order chi connectivity index (χ0) is 20.4. The number of ether oxygens (including phenoxy) is 1. The van der Waals surface area contributed by atoms with Crippen molar-refractivity contribution in [3.8, 4) is 0 Å². The normalized spacial score (nSPS) is 16.5. The van der Waals surface area contributed by atoms with Gasteiger partial charge in [-0.1, -0.05) is 0 Å². The minimum absolute atomic E-state index is 0.0177. The minimum atomic E-state index is -0.678. The topological polar surface area (TPSA) is 72.3 Å². The van der Waals surface area contributed by atoms with E-state index in [4.69, 9.17) is 9.72 Å². The van der Waals surface area contributed by atoms with E-state index < -0.39 is 17.7 Å². The van der Waals surface area contributed by atoms with Crippen molar-refractivity contribution in [1.82, 2.24) is 19.4 Å². The molecule has 0 spiro atoms. The second kappa shape index (κ2) is 8.12. The maximum Gasteiger partial charge on any atom is 0.321 e. The van der Waals surface area contributed by atoms with Crippen LogP contribution in [0.3, 0.4) is 0 Å². The number of hydrogen-bond donors (Lipinski definition) is 1. The van der Waals surface area contributed by atoms with Crippen molar-refractivity contribution in [1.29, 1.82) is 0 Å². The summed E-state index contributed by atoms with van der Waals surface area (Å²) < 4.78 is 34.4. The number of hydrogen-bond acceptors (Lipinski definition) is 4. The van der Waals surface area contributed by atoms with Crippen molar-refractivity contribution in [2.45, 2.75) is 18.9 Å². The zero-order valence-corrected chi connectivity index (χ0v) is 15.9. The summed E-state index contributed by atoms with van der Waals surface area (Å²) >= 11 is 0. The molecule has 7 nitrogen and oxygen atoms in total. The Morgan fingerprint density at radius 3 is 3.03 bits per heavy atom. The van der Waals surface area contributed by atoms with E-state index in [1.54, 1.807) is 18.2 Å². The van der Waals surface area contributed by atoms with E-state index in [-0.39, 0.29) is 11.6 Å². The average molecular weight is 401 g/mol. The van der Waals surface area contributed by atoms with Crippen LogP contribution in [0.1, 0.15) is 18.2 Å². The Hall–Kier alpha value is -3.07. The lowest BCUT2D eigenvalue weighted by Gasteiger charge is -2.18. The largest absolute Gasteiger partial charge is 0.383 e. The van der Waals surface area contributed by atoms with Crippen LogP contribution < -0.4 is 5.32 Å². The Balaban J connectivity index is 1.52. The van der Waals surface area contributed by atoms with Crippen LogP contribution in [0, 0.1) is 11.6 Å². The second-order valence-electron chi connectivity index (χ2n) is 6.95. The molecule has 0 aliphatic carbocycles. The highest BCUT2D eigenvalue weighted by molar-refractivity contribution is 5.89. The fourth-order valence-electron chi connectivity index (χ4n) is 3.63. The standard InChI is InChI=1S/C20H21F2N5O2/c1-29-10-9-27-18(24-16-3-2-7-23-19(16)27)13-6-8-26(12-13)20(28)25-17-11-14(21)4-5-15(17)22/h2-5,7,11,13H,6,8-10,12H2,1H3,(H,25,28)/t13-/m1/s1. The van der Waals surface area contributed by atoms with Crippen molar-refractivity contribution in [2.75, 3.05) is 32.1 Å². The highest BCUT2D eigenvalue weighted by Gasteiger charge is 2.31. The SMILES string of the molecule is COCCn1c([C@@H]2CCN(C(=O)Nc3cc(F)ccc3F)C2)nc2cccnc21. The van der Waals surface area contributed by atoms with Gasteiger partial charge in [-0.2, -0.15) is 0 Å². The number of amides is 2. The molecule has 29 heavy (non-hydrogen) atoms. The molecule has 0 bridgehead atoms. The van der Waals surface area contributed by atoms with Gasteiger partial charge in [0, 0.05) is 44.9 Å². The van der Waals surface area contributed by atoms with Gasteiger partial charge in [-0.25, -0.2) is 23.5 Å². The molecular formula is C20H21F2N5O2. The molecule has 0 saturated carbocycles.